The average molecular weight is 273 g/mol. The zero-order chi connectivity index (χ0) is 14.4. The minimum atomic E-state index is -0.101. The maximum absolute atomic E-state index is 12.2. The highest BCUT2D eigenvalue weighted by Crippen LogP contribution is 2.13. The summed E-state index contributed by atoms with van der Waals surface area (Å²) in [4.78, 5) is 19.4. The van der Waals surface area contributed by atoms with E-state index in [1.165, 1.54) is 0 Å². The van der Waals surface area contributed by atoms with Gasteiger partial charge in [-0.05, 0) is 24.1 Å². The topological polar surface area (TPSA) is 67.0 Å². The van der Waals surface area contributed by atoms with E-state index in [0.717, 1.165) is 17.8 Å². The Morgan fingerprint density at radius 1 is 1.40 bits per heavy atom. The SMILES string of the molecule is CCC(NC(=O)c1ccc(COC)cc1)c1ncc[nH]1. The lowest BCUT2D eigenvalue weighted by Crippen LogP contribution is -2.28. The Hall–Kier alpha value is -2.14. The number of carbonyl (C=O) groups is 1. The van der Waals surface area contributed by atoms with Crippen molar-refractivity contribution in [3.63, 3.8) is 0 Å². The van der Waals surface area contributed by atoms with Crippen molar-refractivity contribution in [1.82, 2.24) is 15.3 Å². The largest absolute Gasteiger partial charge is 0.380 e. The monoisotopic (exact) mass is 273 g/mol. The Morgan fingerprint density at radius 2 is 2.15 bits per heavy atom. The van der Waals surface area contributed by atoms with E-state index >= 15 is 0 Å². The molecule has 1 heterocycles. The summed E-state index contributed by atoms with van der Waals surface area (Å²) in [5.74, 6) is 0.675. The van der Waals surface area contributed by atoms with Gasteiger partial charge in [0.05, 0.1) is 12.6 Å². The first-order valence-corrected chi connectivity index (χ1v) is 6.62. The number of carbonyl (C=O) groups excluding carboxylic acids is 1. The first-order valence-electron chi connectivity index (χ1n) is 6.62. The molecule has 0 aliphatic carbocycles. The van der Waals surface area contributed by atoms with Crippen LogP contribution in [0.2, 0.25) is 0 Å². The fourth-order valence-corrected chi connectivity index (χ4v) is 1.99. The van der Waals surface area contributed by atoms with Crippen molar-refractivity contribution in [1.29, 1.82) is 0 Å². The number of aromatic amines is 1. The van der Waals surface area contributed by atoms with Crippen LogP contribution in [-0.4, -0.2) is 23.0 Å². The van der Waals surface area contributed by atoms with Crippen LogP contribution in [0.15, 0.2) is 36.7 Å². The number of hydrogen-bond donors (Lipinski definition) is 2. The second-order valence-electron chi connectivity index (χ2n) is 4.54. The second-order valence-corrected chi connectivity index (χ2v) is 4.54. The Balaban J connectivity index is 2.03. The van der Waals surface area contributed by atoms with Crippen LogP contribution in [-0.2, 0) is 11.3 Å². The molecule has 0 radical (unpaired) electrons. The number of methoxy groups -OCH3 is 1. The van der Waals surface area contributed by atoms with Crippen LogP contribution in [0.5, 0.6) is 0 Å². The molecule has 0 bridgehead atoms. The molecule has 1 aromatic carbocycles. The zero-order valence-electron chi connectivity index (χ0n) is 11.7. The molecule has 1 atom stereocenters. The van der Waals surface area contributed by atoms with Gasteiger partial charge in [0.2, 0.25) is 0 Å². The molecule has 2 aromatic rings. The van der Waals surface area contributed by atoms with Gasteiger partial charge in [-0.15, -0.1) is 0 Å². The van der Waals surface area contributed by atoms with Gasteiger partial charge >= 0.3 is 0 Å². The predicted molar refractivity (Wildman–Crippen MR) is 76.2 cm³/mol. The van der Waals surface area contributed by atoms with Crippen molar-refractivity contribution in [2.75, 3.05) is 7.11 Å². The molecule has 0 aliphatic heterocycles. The fraction of sp³-hybridized carbons (Fsp3) is 0.333. The standard InChI is InChI=1S/C15H19N3O2/c1-3-13(14-16-8-9-17-14)18-15(19)12-6-4-11(5-7-12)10-20-2/h4-9,13H,3,10H2,1-2H3,(H,16,17)(H,18,19). The van der Waals surface area contributed by atoms with Crippen LogP contribution in [0.4, 0.5) is 0 Å². The molecule has 1 unspecified atom stereocenters. The summed E-state index contributed by atoms with van der Waals surface area (Å²) < 4.78 is 5.05. The molecule has 106 valence electrons. The predicted octanol–water partition coefficient (Wildman–Crippen LogP) is 2.44. The number of amides is 1. The van der Waals surface area contributed by atoms with Crippen LogP contribution in [0.25, 0.3) is 0 Å². The van der Waals surface area contributed by atoms with Gasteiger partial charge in [-0.3, -0.25) is 4.79 Å². The molecule has 0 saturated heterocycles. The summed E-state index contributed by atoms with van der Waals surface area (Å²) >= 11 is 0. The third-order valence-electron chi connectivity index (χ3n) is 3.09. The lowest BCUT2D eigenvalue weighted by atomic mass is 10.1. The highest BCUT2D eigenvalue weighted by atomic mass is 16.5. The Morgan fingerprint density at radius 3 is 2.70 bits per heavy atom. The summed E-state index contributed by atoms with van der Waals surface area (Å²) in [6.45, 7) is 2.56. The van der Waals surface area contributed by atoms with E-state index in [1.807, 2.05) is 19.1 Å². The van der Waals surface area contributed by atoms with Crippen molar-refractivity contribution in [3.05, 3.63) is 53.6 Å². The third kappa shape index (κ3) is 3.45. The minimum Gasteiger partial charge on any atom is -0.380 e. The van der Waals surface area contributed by atoms with E-state index in [2.05, 4.69) is 15.3 Å². The van der Waals surface area contributed by atoms with Crippen LogP contribution in [0.1, 0.15) is 41.1 Å². The van der Waals surface area contributed by atoms with Gasteiger partial charge in [-0.1, -0.05) is 19.1 Å². The van der Waals surface area contributed by atoms with Gasteiger partial charge in [-0.2, -0.15) is 0 Å². The third-order valence-corrected chi connectivity index (χ3v) is 3.09. The lowest BCUT2D eigenvalue weighted by Gasteiger charge is -2.14. The number of aromatic nitrogens is 2. The number of benzene rings is 1. The first-order chi connectivity index (χ1) is 9.74. The van der Waals surface area contributed by atoms with Crippen LogP contribution in [0.3, 0.4) is 0 Å². The van der Waals surface area contributed by atoms with Crippen LogP contribution < -0.4 is 5.32 Å². The summed E-state index contributed by atoms with van der Waals surface area (Å²) in [7, 11) is 1.65. The molecule has 2 N–H and O–H groups in total. The molecule has 5 nitrogen and oxygen atoms in total. The van der Waals surface area contributed by atoms with Crippen molar-refractivity contribution in [3.8, 4) is 0 Å². The van der Waals surface area contributed by atoms with E-state index in [0.29, 0.717) is 12.2 Å². The lowest BCUT2D eigenvalue weighted by molar-refractivity contribution is 0.0934. The Bertz CT molecular complexity index is 535. The van der Waals surface area contributed by atoms with Gasteiger partial charge < -0.3 is 15.0 Å². The number of H-pyrrole nitrogens is 1. The van der Waals surface area contributed by atoms with Gasteiger partial charge in [-0.25, -0.2) is 4.98 Å². The van der Waals surface area contributed by atoms with Crippen molar-refractivity contribution >= 4 is 5.91 Å². The second kappa shape index (κ2) is 6.86. The molecule has 1 amide bonds. The molecule has 0 fully saturated rings. The highest BCUT2D eigenvalue weighted by Gasteiger charge is 2.15. The normalized spacial score (nSPS) is 12.1. The Labute approximate surface area is 118 Å². The molecule has 2 rings (SSSR count). The van der Waals surface area contributed by atoms with Crippen LogP contribution in [0, 0.1) is 0 Å². The average Bonchev–Trinajstić information content (AvgIpc) is 2.99. The smallest absolute Gasteiger partial charge is 0.251 e. The summed E-state index contributed by atoms with van der Waals surface area (Å²) in [5, 5.41) is 2.97. The number of imidazole rings is 1. The number of nitrogens with one attached hydrogen (secondary N) is 2. The zero-order valence-corrected chi connectivity index (χ0v) is 11.7. The number of rotatable bonds is 6. The van der Waals surface area contributed by atoms with Crippen molar-refractivity contribution in [2.45, 2.75) is 26.0 Å². The quantitative estimate of drug-likeness (QED) is 0.849. The summed E-state index contributed by atoms with van der Waals surface area (Å²) in [6, 6.07) is 7.30. The molecule has 0 saturated carbocycles. The molecule has 20 heavy (non-hydrogen) atoms. The van der Waals surface area contributed by atoms with Crippen LogP contribution >= 0.6 is 0 Å². The van der Waals surface area contributed by atoms with Gasteiger partial charge in [0.1, 0.15) is 5.82 Å². The molecule has 1 aromatic heterocycles. The van der Waals surface area contributed by atoms with E-state index in [4.69, 9.17) is 4.74 Å². The van der Waals surface area contributed by atoms with Crippen molar-refractivity contribution < 1.29 is 9.53 Å². The van der Waals surface area contributed by atoms with Gasteiger partial charge in [0.15, 0.2) is 0 Å². The van der Waals surface area contributed by atoms with Gasteiger partial charge in [0, 0.05) is 25.1 Å². The van der Waals surface area contributed by atoms with Crippen molar-refractivity contribution in [2.24, 2.45) is 0 Å². The maximum atomic E-state index is 12.2. The number of nitrogens with zero attached hydrogens (tertiary/aromatic N) is 1. The summed E-state index contributed by atoms with van der Waals surface area (Å²) in [6.07, 6.45) is 4.22. The minimum absolute atomic E-state index is 0.0998. The maximum Gasteiger partial charge on any atom is 0.251 e. The molecular formula is C15H19N3O2. The van der Waals surface area contributed by atoms with E-state index < -0.39 is 0 Å². The molecule has 5 heteroatoms. The van der Waals surface area contributed by atoms with E-state index in [1.54, 1.807) is 31.6 Å². The molecule has 0 spiro atoms. The highest BCUT2D eigenvalue weighted by molar-refractivity contribution is 5.94. The molecular weight excluding hydrogens is 254 g/mol. The summed E-state index contributed by atoms with van der Waals surface area (Å²) in [5.41, 5.74) is 1.68. The number of hydrogen-bond acceptors (Lipinski definition) is 3. The fourth-order valence-electron chi connectivity index (χ4n) is 1.99. The van der Waals surface area contributed by atoms with E-state index in [9.17, 15) is 4.79 Å². The van der Waals surface area contributed by atoms with Gasteiger partial charge in [0.25, 0.3) is 5.91 Å². The Kier molecular flexibility index (Phi) is 4.90. The number of ether oxygens (including phenoxy) is 1. The first kappa shape index (κ1) is 14.3. The van der Waals surface area contributed by atoms with E-state index in [-0.39, 0.29) is 11.9 Å². The molecule has 0 aliphatic rings.